The molecule has 5 aromatic rings. The Kier molecular flexibility index (Phi) is 6.08. The van der Waals surface area contributed by atoms with E-state index in [1.54, 1.807) is 26.7 Å². The Labute approximate surface area is 201 Å². The minimum atomic E-state index is 0.604. The average molecular weight is 470 g/mol. The van der Waals surface area contributed by atoms with Crippen LogP contribution in [-0.4, -0.2) is 39.1 Å². The van der Waals surface area contributed by atoms with Crippen LogP contribution in [0.3, 0.4) is 0 Å². The van der Waals surface area contributed by atoms with E-state index in [1.807, 2.05) is 55.6 Å². The van der Waals surface area contributed by atoms with E-state index in [4.69, 9.17) is 19.4 Å². The number of H-pyrrole nitrogens is 2. The Morgan fingerprint density at radius 1 is 0.971 bits per heavy atom. The summed E-state index contributed by atoms with van der Waals surface area (Å²) in [5.41, 5.74) is 5.67. The lowest BCUT2D eigenvalue weighted by atomic mass is 10.1. The molecule has 10 nitrogen and oxygen atoms in total. The summed E-state index contributed by atoms with van der Waals surface area (Å²) >= 11 is 0. The molecule has 4 N–H and O–H groups in total. The minimum absolute atomic E-state index is 0.604. The molecule has 0 fully saturated rings. The molecule has 4 aromatic heterocycles. The van der Waals surface area contributed by atoms with Gasteiger partial charge in [-0.15, -0.1) is 0 Å². The van der Waals surface area contributed by atoms with Gasteiger partial charge in [0.25, 0.3) is 0 Å². The fourth-order valence-corrected chi connectivity index (χ4v) is 3.68. The molecule has 0 unspecified atom stereocenters. The number of hydrogen-bond acceptors (Lipinski definition) is 8. The second-order valence-electron chi connectivity index (χ2n) is 7.81. The SMILES string of the molecule is COc1ccc(CNc2cnc(Nc3ccc(OC)[nH+]c3)c(-c3nc(C)nc4nc[nH]c34)c2)cc1. The van der Waals surface area contributed by atoms with Crippen molar-refractivity contribution >= 4 is 28.4 Å². The van der Waals surface area contributed by atoms with E-state index in [0.29, 0.717) is 35.4 Å². The van der Waals surface area contributed by atoms with Crippen LogP contribution in [0.25, 0.3) is 22.4 Å². The van der Waals surface area contributed by atoms with Gasteiger partial charge in [-0.1, -0.05) is 12.1 Å². The lowest BCUT2D eigenvalue weighted by Crippen LogP contribution is -2.08. The first-order valence-electron chi connectivity index (χ1n) is 11.0. The molecule has 176 valence electrons. The predicted octanol–water partition coefficient (Wildman–Crippen LogP) is 3.91. The van der Waals surface area contributed by atoms with Crippen LogP contribution < -0.4 is 25.1 Å². The highest BCUT2D eigenvalue weighted by molar-refractivity contribution is 5.92. The first kappa shape index (κ1) is 22.1. The number of fused-ring (bicyclic) bond motifs is 1. The van der Waals surface area contributed by atoms with E-state index in [1.165, 1.54) is 0 Å². The zero-order chi connectivity index (χ0) is 24.2. The molecule has 0 radical (unpaired) electrons. The number of nitrogens with one attached hydrogen (secondary N) is 4. The van der Waals surface area contributed by atoms with Crippen molar-refractivity contribution in [3.63, 3.8) is 0 Å². The highest BCUT2D eigenvalue weighted by atomic mass is 16.5. The molecule has 10 heteroatoms. The summed E-state index contributed by atoms with van der Waals surface area (Å²) in [4.78, 5) is 24.4. The third kappa shape index (κ3) is 4.81. The quantitative estimate of drug-likeness (QED) is 0.312. The zero-order valence-corrected chi connectivity index (χ0v) is 19.6. The summed E-state index contributed by atoms with van der Waals surface area (Å²) in [6.07, 6.45) is 5.23. The summed E-state index contributed by atoms with van der Waals surface area (Å²) in [6.45, 7) is 2.48. The standard InChI is InChI=1S/C25H24N8O2/c1-15-31-22(23-25(32-15)30-14-29-23)20-10-18(26-11-16-4-7-19(34-2)8-5-16)13-28-24(20)33-17-6-9-21(35-3)27-12-17/h4-10,12-14,26H,11H2,1-3H3,(H,28,33)(H,29,30,31,32)/p+1. The number of methoxy groups -OCH3 is 2. The van der Waals surface area contributed by atoms with Gasteiger partial charge in [0.2, 0.25) is 0 Å². The van der Waals surface area contributed by atoms with Crippen molar-refractivity contribution in [2.75, 3.05) is 24.9 Å². The minimum Gasteiger partial charge on any atom is -0.497 e. The molecule has 35 heavy (non-hydrogen) atoms. The van der Waals surface area contributed by atoms with Crippen LogP contribution in [-0.2, 0) is 6.54 Å². The highest BCUT2D eigenvalue weighted by Gasteiger charge is 2.17. The smallest absolute Gasteiger partial charge is 0.365 e. The summed E-state index contributed by atoms with van der Waals surface area (Å²) in [7, 11) is 3.27. The van der Waals surface area contributed by atoms with Crippen LogP contribution in [0.4, 0.5) is 17.2 Å². The number of hydrogen-bond donors (Lipinski definition) is 3. The van der Waals surface area contributed by atoms with Crippen LogP contribution in [0.2, 0.25) is 0 Å². The van der Waals surface area contributed by atoms with Gasteiger partial charge in [0.05, 0.1) is 38.5 Å². The second-order valence-corrected chi connectivity index (χ2v) is 7.81. The Hall–Kier alpha value is -4.73. The fraction of sp³-hybridized carbons (Fsp3) is 0.160. The van der Waals surface area contributed by atoms with Crippen LogP contribution in [0.1, 0.15) is 11.4 Å². The Morgan fingerprint density at radius 3 is 2.57 bits per heavy atom. The van der Waals surface area contributed by atoms with Gasteiger partial charge >= 0.3 is 5.88 Å². The normalized spacial score (nSPS) is 10.8. The number of pyridine rings is 2. The molecule has 1 aromatic carbocycles. The van der Waals surface area contributed by atoms with E-state index >= 15 is 0 Å². The van der Waals surface area contributed by atoms with Gasteiger partial charge in [-0.05, 0) is 36.8 Å². The van der Waals surface area contributed by atoms with E-state index in [2.05, 4.69) is 30.6 Å². The predicted molar refractivity (Wildman–Crippen MR) is 133 cm³/mol. The van der Waals surface area contributed by atoms with Crippen LogP contribution in [0, 0.1) is 6.92 Å². The number of aromatic nitrogens is 6. The average Bonchev–Trinajstić information content (AvgIpc) is 3.37. The molecule has 0 saturated heterocycles. The first-order valence-corrected chi connectivity index (χ1v) is 11.0. The number of aryl methyl sites for hydroxylation is 1. The maximum atomic E-state index is 5.24. The molecular weight excluding hydrogens is 444 g/mol. The highest BCUT2D eigenvalue weighted by Crippen LogP contribution is 2.33. The second kappa shape index (κ2) is 9.64. The largest absolute Gasteiger partial charge is 0.497 e. The van der Waals surface area contributed by atoms with Crippen molar-refractivity contribution < 1.29 is 14.5 Å². The molecule has 0 aliphatic rings. The lowest BCUT2D eigenvalue weighted by molar-refractivity contribution is -0.392. The third-order valence-corrected chi connectivity index (χ3v) is 5.46. The van der Waals surface area contributed by atoms with E-state index < -0.39 is 0 Å². The van der Waals surface area contributed by atoms with Crippen molar-refractivity contribution in [2.45, 2.75) is 13.5 Å². The van der Waals surface area contributed by atoms with Crippen molar-refractivity contribution in [1.29, 1.82) is 0 Å². The molecule has 5 rings (SSSR count). The Morgan fingerprint density at radius 2 is 1.83 bits per heavy atom. The maximum absolute atomic E-state index is 5.24. The van der Waals surface area contributed by atoms with Crippen molar-refractivity contribution in [1.82, 2.24) is 24.9 Å². The number of anilines is 3. The van der Waals surface area contributed by atoms with Crippen molar-refractivity contribution in [3.05, 3.63) is 72.6 Å². The number of ether oxygens (including phenoxy) is 2. The van der Waals surface area contributed by atoms with Gasteiger partial charge in [-0.3, -0.25) is 0 Å². The van der Waals surface area contributed by atoms with E-state index in [0.717, 1.165) is 33.8 Å². The maximum Gasteiger partial charge on any atom is 0.365 e. The molecule has 0 aliphatic carbocycles. The summed E-state index contributed by atoms with van der Waals surface area (Å²) in [5, 5.41) is 6.83. The molecule has 4 heterocycles. The van der Waals surface area contributed by atoms with Gasteiger partial charge in [0.15, 0.2) is 11.8 Å². The van der Waals surface area contributed by atoms with Crippen molar-refractivity contribution in [3.8, 4) is 22.9 Å². The first-order chi connectivity index (χ1) is 17.1. The van der Waals surface area contributed by atoms with Gasteiger partial charge in [0.1, 0.15) is 34.3 Å². The Bertz CT molecular complexity index is 1450. The topological polar surface area (TPSA) is 124 Å². The molecule has 0 bridgehead atoms. The molecule has 0 amide bonds. The van der Waals surface area contributed by atoms with E-state index in [-0.39, 0.29) is 0 Å². The lowest BCUT2D eigenvalue weighted by Gasteiger charge is -2.14. The van der Waals surface area contributed by atoms with Gasteiger partial charge in [0, 0.05) is 12.1 Å². The fourth-order valence-electron chi connectivity index (χ4n) is 3.68. The number of aromatic amines is 2. The van der Waals surface area contributed by atoms with Crippen LogP contribution in [0.15, 0.2) is 61.2 Å². The molecule has 0 aliphatic heterocycles. The number of rotatable bonds is 8. The molecule has 0 atom stereocenters. The molecular formula is C25H25N8O2+. The summed E-state index contributed by atoms with van der Waals surface area (Å²) < 4.78 is 10.5. The van der Waals surface area contributed by atoms with E-state index in [9.17, 15) is 0 Å². The van der Waals surface area contributed by atoms with Gasteiger partial charge in [-0.2, -0.15) is 4.98 Å². The number of imidazole rings is 1. The Balaban J connectivity index is 1.51. The zero-order valence-electron chi connectivity index (χ0n) is 19.6. The third-order valence-electron chi connectivity index (χ3n) is 5.46. The van der Waals surface area contributed by atoms with Crippen LogP contribution >= 0.6 is 0 Å². The van der Waals surface area contributed by atoms with Crippen LogP contribution in [0.5, 0.6) is 11.6 Å². The number of benzene rings is 1. The van der Waals surface area contributed by atoms with Gasteiger partial charge in [-0.25, -0.2) is 19.9 Å². The molecule has 0 spiro atoms. The number of nitrogens with zero attached hydrogens (tertiary/aromatic N) is 4. The van der Waals surface area contributed by atoms with Gasteiger partial charge < -0.3 is 25.1 Å². The molecule has 0 saturated carbocycles. The summed E-state index contributed by atoms with van der Waals surface area (Å²) in [6, 6.07) is 13.7. The monoisotopic (exact) mass is 469 g/mol. The summed E-state index contributed by atoms with van der Waals surface area (Å²) in [5.74, 6) is 2.76. The van der Waals surface area contributed by atoms with Crippen molar-refractivity contribution in [2.24, 2.45) is 0 Å².